The van der Waals surface area contributed by atoms with E-state index >= 15 is 0 Å². The lowest BCUT2D eigenvalue weighted by Gasteiger charge is -2.25. The minimum atomic E-state index is -0.350. The van der Waals surface area contributed by atoms with Crippen LogP contribution in [0.25, 0.3) is 0 Å². The molecule has 142 valence electrons. The molecule has 1 unspecified atom stereocenters. The third kappa shape index (κ3) is 4.97. The van der Waals surface area contributed by atoms with Crippen LogP contribution in [0.2, 0.25) is 0 Å². The molecule has 0 radical (unpaired) electrons. The Labute approximate surface area is 164 Å². The van der Waals surface area contributed by atoms with Gasteiger partial charge in [0.2, 0.25) is 11.8 Å². The first kappa shape index (κ1) is 19.6. The van der Waals surface area contributed by atoms with Crippen LogP contribution in [0.5, 0.6) is 0 Å². The summed E-state index contributed by atoms with van der Waals surface area (Å²) in [6, 6.07) is 7.61. The summed E-state index contributed by atoms with van der Waals surface area (Å²) < 4.78 is 0.160. The molecule has 3 rings (SSSR count). The van der Waals surface area contributed by atoms with Crippen molar-refractivity contribution in [3.8, 4) is 0 Å². The Morgan fingerprint density at radius 1 is 1.15 bits per heavy atom. The molecule has 0 bridgehead atoms. The predicted molar refractivity (Wildman–Crippen MR) is 111 cm³/mol. The van der Waals surface area contributed by atoms with Crippen LogP contribution < -0.4 is 5.32 Å². The van der Waals surface area contributed by atoms with E-state index in [1.807, 2.05) is 24.3 Å². The summed E-state index contributed by atoms with van der Waals surface area (Å²) in [5.74, 6) is 1.54. The molecular formula is C20H28N2O2S2. The number of carbonyl (C=O) groups is 2. The Morgan fingerprint density at radius 2 is 1.81 bits per heavy atom. The van der Waals surface area contributed by atoms with E-state index in [-0.39, 0.29) is 28.5 Å². The molecule has 2 fully saturated rings. The van der Waals surface area contributed by atoms with E-state index < -0.39 is 0 Å². The van der Waals surface area contributed by atoms with Gasteiger partial charge in [-0.1, -0.05) is 33.6 Å². The zero-order valence-electron chi connectivity index (χ0n) is 15.8. The third-order valence-corrected chi connectivity index (χ3v) is 6.85. The lowest BCUT2D eigenvalue weighted by molar-refractivity contribution is -0.139. The van der Waals surface area contributed by atoms with Gasteiger partial charge in [0.1, 0.15) is 6.04 Å². The Morgan fingerprint density at radius 3 is 2.42 bits per heavy atom. The molecule has 1 heterocycles. The second kappa shape index (κ2) is 8.26. The maximum Gasteiger partial charge on any atom is 0.248 e. The van der Waals surface area contributed by atoms with Gasteiger partial charge >= 0.3 is 0 Å². The van der Waals surface area contributed by atoms with Crippen LogP contribution in [0.3, 0.4) is 0 Å². The number of hydrogen-bond acceptors (Lipinski definition) is 4. The first-order valence-corrected chi connectivity index (χ1v) is 11.3. The van der Waals surface area contributed by atoms with Gasteiger partial charge in [0.15, 0.2) is 0 Å². The van der Waals surface area contributed by atoms with Crippen LogP contribution >= 0.6 is 23.5 Å². The maximum absolute atomic E-state index is 12.7. The number of amides is 2. The van der Waals surface area contributed by atoms with Crippen molar-refractivity contribution in [2.45, 2.75) is 62.1 Å². The molecule has 4 nitrogen and oxygen atoms in total. The molecule has 0 spiro atoms. The Balaban J connectivity index is 1.60. The lowest BCUT2D eigenvalue weighted by atomic mass is 10.1. The normalized spacial score (nSPS) is 21.2. The summed E-state index contributed by atoms with van der Waals surface area (Å²) >= 11 is 3.47. The van der Waals surface area contributed by atoms with Crippen LogP contribution in [0.1, 0.15) is 46.5 Å². The minimum Gasteiger partial charge on any atom is -0.324 e. The molecule has 2 aliphatic rings. The Hall–Kier alpha value is -1.14. The van der Waals surface area contributed by atoms with E-state index in [4.69, 9.17) is 0 Å². The SMILES string of the molecule is CC(C)(C)Sc1ccc(NC(=O)C2CSCN2C(=O)C2CCCC2)cc1. The molecule has 2 amide bonds. The van der Waals surface area contributed by atoms with Gasteiger partial charge in [0, 0.05) is 27.0 Å². The molecule has 1 saturated carbocycles. The van der Waals surface area contributed by atoms with Gasteiger partial charge in [-0.05, 0) is 37.1 Å². The highest BCUT2D eigenvalue weighted by atomic mass is 32.2. The van der Waals surface area contributed by atoms with Crippen molar-refractivity contribution in [3.63, 3.8) is 0 Å². The van der Waals surface area contributed by atoms with Crippen molar-refractivity contribution in [3.05, 3.63) is 24.3 Å². The summed E-state index contributed by atoms with van der Waals surface area (Å²) in [6.07, 6.45) is 4.21. The second-order valence-electron chi connectivity index (χ2n) is 8.03. The van der Waals surface area contributed by atoms with E-state index in [1.54, 1.807) is 28.4 Å². The number of hydrogen-bond donors (Lipinski definition) is 1. The quantitative estimate of drug-likeness (QED) is 0.761. The number of benzene rings is 1. The van der Waals surface area contributed by atoms with Crippen molar-refractivity contribution in [1.82, 2.24) is 4.90 Å². The third-order valence-electron chi connectivity index (χ3n) is 4.72. The van der Waals surface area contributed by atoms with Gasteiger partial charge < -0.3 is 10.2 Å². The first-order valence-electron chi connectivity index (χ1n) is 9.32. The average Bonchev–Trinajstić information content (AvgIpc) is 3.26. The highest BCUT2D eigenvalue weighted by Crippen LogP contribution is 2.33. The van der Waals surface area contributed by atoms with Crippen molar-refractivity contribution in [1.29, 1.82) is 0 Å². The zero-order valence-corrected chi connectivity index (χ0v) is 17.4. The molecule has 1 aromatic rings. The number of nitrogens with one attached hydrogen (secondary N) is 1. The van der Waals surface area contributed by atoms with Crippen LogP contribution in [0.15, 0.2) is 29.2 Å². The molecule has 6 heteroatoms. The van der Waals surface area contributed by atoms with Crippen LogP contribution in [0, 0.1) is 5.92 Å². The monoisotopic (exact) mass is 392 g/mol. The van der Waals surface area contributed by atoms with Crippen molar-refractivity contribution < 1.29 is 9.59 Å². The summed E-state index contributed by atoms with van der Waals surface area (Å²) in [7, 11) is 0. The summed E-state index contributed by atoms with van der Waals surface area (Å²) in [5.41, 5.74) is 0.790. The van der Waals surface area contributed by atoms with E-state index in [0.29, 0.717) is 11.6 Å². The number of anilines is 1. The van der Waals surface area contributed by atoms with Crippen LogP contribution in [0.4, 0.5) is 5.69 Å². The largest absolute Gasteiger partial charge is 0.324 e. The fourth-order valence-corrected chi connectivity index (χ4v) is 5.61. The molecular weight excluding hydrogens is 364 g/mol. The highest BCUT2D eigenvalue weighted by molar-refractivity contribution is 8.00. The van der Waals surface area contributed by atoms with Gasteiger partial charge in [-0.3, -0.25) is 9.59 Å². The smallest absolute Gasteiger partial charge is 0.248 e. The summed E-state index contributed by atoms with van der Waals surface area (Å²) in [6.45, 7) is 6.54. The maximum atomic E-state index is 12.7. The fraction of sp³-hybridized carbons (Fsp3) is 0.600. The molecule has 0 aromatic heterocycles. The van der Waals surface area contributed by atoms with Gasteiger partial charge in [-0.2, -0.15) is 0 Å². The fourth-order valence-electron chi connectivity index (χ4n) is 3.47. The molecule has 1 aliphatic carbocycles. The minimum absolute atomic E-state index is 0.0717. The topological polar surface area (TPSA) is 49.4 Å². The highest BCUT2D eigenvalue weighted by Gasteiger charge is 2.38. The molecule has 26 heavy (non-hydrogen) atoms. The number of rotatable bonds is 4. The van der Waals surface area contributed by atoms with Crippen molar-refractivity contribution in [2.24, 2.45) is 5.92 Å². The van der Waals surface area contributed by atoms with Gasteiger partial charge in [-0.15, -0.1) is 23.5 Å². The number of nitrogens with zero attached hydrogens (tertiary/aromatic N) is 1. The van der Waals surface area contributed by atoms with Crippen molar-refractivity contribution >= 4 is 41.0 Å². The van der Waals surface area contributed by atoms with E-state index in [1.165, 1.54) is 4.90 Å². The molecule has 1 aliphatic heterocycles. The molecule has 1 N–H and O–H groups in total. The van der Waals surface area contributed by atoms with E-state index in [9.17, 15) is 9.59 Å². The standard InChI is InChI=1S/C20H28N2O2S2/c1-20(2,3)26-16-10-8-15(9-11-16)21-18(23)17-12-25-13-22(17)19(24)14-6-4-5-7-14/h8-11,14,17H,4-7,12-13H2,1-3H3,(H,21,23). The molecule has 1 aromatic carbocycles. The van der Waals surface area contributed by atoms with Gasteiger partial charge in [0.25, 0.3) is 0 Å². The molecule has 1 saturated heterocycles. The Kier molecular flexibility index (Phi) is 6.23. The predicted octanol–water partition coefficient (Wildman–Crippen LogP) is 4.61. The molecule has 1 atom stereocenters. The Bertz CT molecular complexity index is 649. The lowest BCUT2D eigenvalue weighted by Crippen LogP contribution is -2.46. The summed E-state index contributed by atoms with van der Waals surface area (Å²) in [4.78, 5) is 28.4. The van der Waals surface area contributed by atoms with Gasteiger partial charge in [0.05, 0.1) is 5.88 Å². The van der Waals surface area contributed by atoms with E-state index in [0.717, 1.165) is 31.4 Å². The second-order valence-corrected chi connectivity index (χ2v) is 10.9. The van der Waals surface area contributed by atoms with Gasteiger partial charge in [-0.25, -0.2) is 0 Å². The van der Waals surface area contributed by atoms with E-state index in [2.05, 4.69) is 26.1 Å². The summed E-state index contributed by atoms with van der Waals surface area (Å²) in [5, 5.41) is 2.99. The first-order chi connectivity index (χ1) is 12.3. The average molecular weight is 393 g/mol. The number of carbonyl (C=O) groups excluding carboxylic acids is 2. The van der Waals surface area contributed by atoms with Crippen LogP contribution in [-0.4, -0.2) is 39.1 Å². The van der Waals surface area contributed by atoms with Crippen LogP contribution in [-0.2, 0) is 9.59 Å². The number of thioether (sulfide) groups is 2. The zero-order chi connectivity index (χ0) is 18.7. The van der Waals surface area contributed by atoms with Crippen molar-refractivity contribution in [2.75, 3.05) is 16.9 Å².